The smallest absolute Gasteiger partial charge is 0.370 e. The molecule has 1 aliphatic heterocycles. The second-order valence-corrected chi connectivity index (χ2v) is 3.39. The molecule has 14 heavy (non-hydrogen) atoms. The normalized spacial score (nSPS) is 23.8. The molecule has 0 aromatic heterocycles. The Morgan fingerprint density at radius 2 is 1.71 bits per heavy atom. The Hall–Kier alpha value is -0.330. The molecular formula is C8H15F3N2O. The molecule has 1 atom stereocenters. The van der Waals surface area contributed by atoms with Crippen molar-refractivity contribution in [3.05, 3.63) is 0 Å². The summed E-state index contributed by atoms with van der Waals surface area (Å²) in [5.41, 5.74) is 0. The van der Waals surface area contributed by atoms with Crippen LogP contribution in [-0.4, -0.2) is 60.0 Å². The highest BCUT2D eigenvalue weighted by atomic mass is 19.4. The van der Waals surface area contributed by atoms with Gasteiger partial charge in [0.05, 0.1) is 0 Å². The molecular weight excluding hydrogens is 197 g/mol. The predicted octanol–water partition coefficient (Wildman–Crippen LogP) is 0.505. The van der Waals surface area contributed by atoms with Crippen molar-refractivity contribution in [3.63, 3.8) is 0 Å². The number of rotatable bonds is 2. The number of hydrogen-bond donors (Lipinski definition) is 1. The van der Waals surface area contributed by atoms with Crippen molar-refractivity contribution in [2.75, 3.05) is 32.7 Å². The Balaban J connectivity index is 2.42. The van der Waals surface area contributed by atoms with E-state index < -0.39 is 12.4 Å². The van der Waals surface area contributed by atoms with Gasteiger partial charge in [-0.15, -0.1) is 0 Å². The summed E-state index contributed by atoms with van der Waals surface area (Å²) in [6.45, 7) is 4.53. The second kappa shape index (κ2) is 4.46. The van der Waals surface area contributed by atoms with Crippen LogP contribution in [0.3, 0.4) is 0 Å². The van der Waals surface area contributed by atoms with Gasteiger partial charge in [-0.1, -0.05) is 6.92 Å². The minimum absolute atomic E-state index is 0.272. The maximum Gasteiger partial charge on any atom is 0.428 e. The highest BCUT2D eigenvalue weighted by Gasteiger charge is 2.42. The Bertz CT molecular complexity index is 178. The summed E-state index contributed by atoms with van der Waals surface area (Å²) in [6.07, 6.45) is -6.84. The molecule has 1 unspecified atom stereocenters. The largest absolute Gasteiger partial charge is 0.428 e. The molecule has 1 fully saturated rings. The van der Waals surface area contributed by atoms with Crippen molar-refractivity contribution in [2.24, 2.45) is 0 Å². The van der Waals surface area contributed by atoms with Crippen molar-refractivity contribution in [1.29, 1.82) is 0 Å². The van der Waals surface area contributed by atoms with Gasteiger partial charge < -0.3 is 10.0 Å². The molecule has 1 aliphatic rings. The van der Waals surface area contributed by atoms with Gasteiger partial charge in [0, 0.05) is 26.2 Å². The summed E-state index contributed by atoms with van der Waals surface area (Å²) >= 11 is 0. The van der Waals surface area contributed by atoms with E-state index in [2.05, 4.69) is 4.90 Å². The summed E-state index contributed by atoms with van der Waals surface area (Å²) < 4.78 is 36.3. The Morgan fingerprint density at radius 1 is 1.21 bits per heavy atom. The molecule has 6 heteroatoms. The fourth-order valence-electron chi connectivity index (χ4n) is 1.53. The van der Waals surface area contributed by atoms with Gasteiger partial charge in [0.25, 0.3) is 0 Å². The second-order valence-electron chi connectivity index (χ2n) is 3.39. The SMILES string of the molecule is CCN1CCN(C(O)C(F)(F)F)CC1. The molecule has 0 aliphatic carbocycles. The molecule has 0 radical (unpaired) electrons. The van der Waals surface area contributed by atoms with Gasteiger partial charge >= 0.3 is 6.18 Å². The van der Waals surface area contributed by atoms with Crippen LogP contribution in [0.1, 0.15) is 6.92 Å². The lowest BCUT2D eigenvalue weighted by molar-refractivity contribution is -0.253. The summed E-state index contributed by atoms with van der Waals surface area (Å²) in [6, 6.07) is 0. The molecule has 1 saturated heterocycles. The van der Waals surface area contributed by atoms with Crippen molar-refractivity contribution in [3.8, 4) is 0 Å². The minimum atomic E-state index is -4.53. The Labute approximate surface area is 81.1 Å². The highest BCUT2D eigenvalue weighted by molar-refractivity contribution is 4.76. The number of aliphatic hydroxyl groups is 1. The summed E-state index contributed by atoms with van der Waals surface area (Å²) in [5.74, 6) is 0. The quantitative estimate of drug-likeness (QED) is 0.722. The van der Waals surface area contributed by atoms with E-state index in [1.54, 1.807) is 0 Å². The zero-order valence-electron chi connectivity index (χ0n) is 8.09. The lowest BCUT2D eigenvalue weighted by atomic mass is 10.3. The third-order valence-electron chi connectivity index (χ3n) is 2.49. The number of aliphatic hydroxyl groups excluding tert-OH is 1. The van der Waals surface area contributed by atoms with Crippen LogP contribution in [0.15, 0.2) is 0 Å². The van der Waals surface area contributed by atoms with Crippen LogP contribution in [0.25, 0.3) is 0 Å². The number of likely N-dealkylation sites (N-methyl/N-ethyl adjacent to an activating group) is 1. The number of alkyl halides is 3. The number of halogens is 3. The maximum absolute atomic E-state index is 12.1. The molecule has 3 nitrogen and oxygen atoms in total. The van der Waals surface area contributed by atoms with Gasteiger partial charge in [-0.2, -0.15) is 13.2 Å². The Kier molecular flexibility index (Phi) is 3.74. The fourth-order valence-corrected chi connectivity index (χ4v) is 1.53. The topological polar surface area (TPSA) is 26.7 Å². The molecule has 84 valence electrons. The van der Waals surface area contributed by atoms with Crippen LogP contribution in [0.5, 0.6) is 0 Å². The average molecular weight is 212 g/mol. The van der Waals surface area contributed by atoms with Crippen molar-refractivity contribution < 1.29 is 18.3 Å². The van der Waals surface area contributed by atoms with Gasteiger partial charge in [-0.05, 0) is 6.54 Å². The standard InChI is InChI=1S/C8H15F3N2O/c1-2-12-3-5-13(6-4-12)7(14)8(9,10)11/h7,14H,2-6H2,1H3. The number of nitrogens with zero attached hydrogens (tertiary/aromatic N) is 2. The molecule has 1 rings (SSSR count). The molecule has 1 heterocycles. The molecule has 0 saturated carbocycles. The first kappa shape index (κ1) is 11.7. The van der Waals surface area contributed by atoms with E-state index in [1.165, 1.54) is 0 Å². The number of piperazine rings is 1. The zero-order chi connectivity index (χ0) is 10.8. The van der Waals surface area contributed by atoms with E-state index in [0.717, 1.165) is 11.4 Å². The summed E-state index contributed by atoms with van der Waals surface area (Å²) in [5, 5.41) is 8.95. The van der Waals surface area contributed by atoms with Gasteiger partial charge in [0.1, 0.15) is 0 Å². The van der Waals surface area contributed by atoms with Crippen LogP contribution in [0.2, 0.25) is 0 Å². The van der Waals surface area contributed by atoms with E-state index in [-0.39, 0.29) is 13.1 Å². The number of hydrogen-bond acceptors (Lipinski definition) is 3. The first-order valence-electron chi connectivity index (χ1n) is 4.66. The lowest BCUT2D eigenvalue weighted by Crippen LogP contribution is -2.54. The monoisotopic (exact) mass is 212 g/mol. The minimum Gasteiger partial charge on any atom is -0.370 e. The molecule has 1 N–H and O–H groups in total. The first-order chi connectivity index (χ1) is 6.45. The molecule has 0 amide bonds. The zero-order valence-corrected chi connectivity index (χ0v) is 8.09. The molecule has 0 aromatic rings. The van der Waals surface area contributed by atoms with Crippen LogP contribution >= 0.6 is 0 Å². The van der Waals surface area contributed by atoms with Crippen LogP contribution < -0.4 is 0 Å². The van der Waals surface area contributed by atoms with Gasteiger partial charge in [-0.25, -0.2) is 0 Å². The van der Waals surface area contributed by atoms with Crippen LogP contribution in [-0.2, 0) is 0 Å². The molecule has 0 bridgehead atoms. The molecule has 0 aromatic carbocycles. The van der Waals surface area contributed by atoms with Crippen molar-refractivity contribution >= 4 is 0 Å². The maximum atomic E-state index is 12.1. The first-order valence-corrected chi connectivity index (χ1v) is 4.66. The van der Waals surface area contributed by atoms with Gasteiger partial charge in [0.2, 0.25) is 6.23 Å². The van der Waals surface area contributed by atoms with Gasteiger partial charge in [-0.3, -0.25) is 4.90 Å². The van der Waals surface area contributed by atoms with Crippen LogP contribution in [0, 0.1) is 0 Å². The van der Waals surface area contributed by atoms with Gasteiger partial charge in [0.15, 0.2) is 0 Å². The average Bonchev–Trinajstić information content (AvgIpc) is 2.15. The summed E-state index contributed by atoms with van der Waals surface area (Å²) in [4.78, 5) is 3.12. The summed E-state index contributed by atoms with van der Waals surface area (Å²) in [7, 11) is 0. The highest BCUT2D eigenvalue weighted by Crippen LogP contribution is 2.23. The van der Waals surface area contributed by atoms with Crippen molar-refractivity contribution in [2.45, 2.75) is 19.3 Å². The molecule has 0 spiro atoms. The predicted molar refractivity (Wildman–Crippen MR) is 45.7 cm³/mol. The fraction of sp³-hybridized carbons (Fsp3) is 1.00. The van der Waals surface area contributed by atoms with E-state index in [1.807, 2.05) is 6.92 Å². The van der Waals surface area contributed by atoms with E-state index in [0.29, 0.717) is 13.1 Å². The van der Waals surface area contributed by atoms with E-state index in [9.17, 15) is 13.2 Å². The lowest BCUT2D eigenvalue weighted by Gasteiger charge is -2.37. The van der Waals surface area contributed by atoms with Crippen LogP contribution in [0.4, 0.5) is 13.2 Å². The Morgan fingerprint density at radius 3 is 2.07 bits per heavy atom. The van der Waals surface area contributed by atoms with E-state index in [4.69, 9.17) is 5.11 Å². The van der Waals surface area contributed by atoms with E-state index >= 15 is 0 Å². The third kappa shape index (κ3) is 2.83. The van der Waals surface area contributed by atoms with Crippen molar-refractivity contribution in [1.82, 2.24) is 9.80 Å². The third-order valence-corrected chi connectivity index (χ3v) is 2.49.